The highest BCUT2D eigenvalue weighted by Gasteiger charge is 2.13. The Hall–Kier alpha value is -2.04. The monoisotopic (exact) mass is 246 g/mol. The number of hydrogen-bond donors (Lipinski definition) is 2. The molecule has 0 bridgehead atoms. The molecular formula is C13H18N4O. The van der Waals surface area contributed by atoms with Gasteiger partial charge in [0.15, 0.2) is 5.96 Å². The van der Waals surface area contributed by atoms with E-state index >= 15 is 0 Å². The van der Waals surface area contributed by atoms with Crippen LogP contribution in [0, 0.1) is 0 Å². The predicted molar refractivity (Wildman–Crippen MR) is 72.8 cm³/mol. The van der Waals surface area contributed by atoms with Crippen molar-refractivity contribution in [3.8, 4) is 0 Å². The van der Waals surface area contributed by atoms with Gasteiger partial charge in [-0.2, -0.15) is 0 Å². The van der Waals surface area contributed by atoms with Crippen LogP contribution >= 0.6 is 0 Å². The van der Waals surface area contributed by atoms with Gasteiger partial charge < -0.3 is 16.0 Å². The molecule has 3 N–H and O–H groups in total. The molecule has 1 fully saturated rings. The zero-order chi connectivity index (χ0) is 13.0. The number of nitrogens with two attached hydrogens (primary N) is 1. The molecule has 5 nitrogen and oxygen atoms in total. The van der Waals surface area contributed by atoms with Gasteiger partial charge in [0.1, 0.15) is 0 Å². The van der Waals surface area contributed by atoms with Crippen molar-refractivity contribution in [1.82, 2.24) is 4.90 Å². The van der Waals surface area contributed by atoms with Crippen LogP contribution in [-0.2, 0) is 4.79 Å². The summed E-state index contributed by atoms with van der Waals surface area (Å²) in [6.07, 6.45) is 2.34. The number of nitrogens with zero attached hydrogens (tertiary/aromatic N) is 2. The average molecular weight is 246 g/mol. The van der Waals surface area contributed by atoms with Crippen molar-refractivity contribution in [1.29, 1.82) is 0 Å². The maximum atomic E-state index is 11.0. The first-order valence-corrected chi connectivity index (χ1v) is 6.12. The highest BCUT2D eigenvalue weighted by molar-refractivity contribution is 5.89. The third-order valence-corrected chi connectivity index (χ3v) is 2.84. The molecule has 0 aromatic heterocycles. The van der Waals surface area contributed by atoms with Crippen molar-refractivity contribution in [2.75, 3.05) is 18.4 Å². The van der Waals surface area contributed by atoms with E-state index in [1.165, 1.54) is 19.8 Å². The number of aliphatic imine (C=N–C) groups is 1. The Kier molecular flexibility index (Phi) is 3.82. The summed E-state index contributed by atoms with van der Waals surface area (Å²) in [5, 5.41) is 2.73. The highest BCUT2D eigenvalue weighted by Crippen LogP contribution is 2.18. The summed E-state index contributed by atoms with van der Waals surface area (Å²) in [5.41, 5.74) is 7.44. The van der Waals surface area contributed by atoms with Crippen molar-refractivity contribution in [3.63, 3.8) is 0 Å². The largest absolute Gasteiger partial charge is 0.369 e. The fourth-order valence-electron chi connectivity index (χ4n) is 2.01. The van der Waals surface area contributed by atoms with E-state index in [1.54, 1.807) is 0 Å². The summed E-state index contributed by atoms with van der Waals surface area (Å²) >= 11 is 0. The van der Waals surface area contributed by atoms with Crippen LogP contribution < -0.4 is 11.1 Å². The average Bonchev–Trinajstić information content (AvgIpc) is 2.81. The fourth-order valence-corrected chi connectivity index (χ4v) is 2.01. The van der Waals surface area contributed by atoms with Crippen LogP contribution in [-0.4, -0.2) is 29.9 Å². The quantitative estimate of drug-likeness (QED) is 0.616. The maximum Gasteiger partial charge on any atom is 0.221 e. The predicted octanol–water partition coefficient (Wildman–Crippen LogP) is 1.69. The van der Waals surface area contributed by atoms with E-state index in [1.807, 2.05) is 24.3 Å². The van der Waals surface area contributed by atoms with E-state index < -0.39 is 0 Å². The van der Waals surface area contributed by atoms with Gasteiger partial charge in [0, 0.05) is 25.7 Å². The Morgan fingerprint density at radius 2 is 2.11 bits per heavy atom. The van der Waals surface area contributed by atoms with Crippen molar-refractivity contribution in [2.24, 2.45) is 10.7 Å². The number of amides is 1. The van der Waals surface area contributed by atoms with Gasteiger partial charge in [0.2, 0.25) is 5.91 Å². The Morgan fingerprint density at radius 3 is 2.78 bits per heavy atom. The minimum Gasteiger partial charge on any atom is -0.369 e. The van der Waals surface area contributed by atoms with E-state index in [2.05, 4.69) is 15.2 Å². The molecule has 1 aliphatic rings. The lowest BCUT2D eigenvalue weighted by molar-refractivity contribution is -0.114. The van der Waals surface area contributed by atoms with Gasteiger partial charge in [-0.25, -0.2) is 4.99 Å². The molecule has 1 aliphatic heterocycles. The van der Waals surface area contributed by atoms with Crippen LogP contribution in [0.5, 0.6) is 0 Å². The van der Waals surface area contributed by atoms with E-state index in [0.717, 1.165) is 24.5 Å². The van der Waals surface area contributed by atoms with Crippen LogP contribution in [0.15, 0.2) is 29.3 Å². The molecule has 0 unspecified atom stereocenters. The van der Waals surface area contributed by atoms with Gasteiger partial charge in [-0.15, -0.1) is 0 Å². The molecule has 1 amide bonds. The van der Waals surface area contributed by atoms with E-state index in [-0.39, 0.29) is 5.91 Å². The van der Waals surface area contributed by atoms with Crippen LogP contribution in [0.4, 0.5) is 11.4 Å². The van der Waals surface area contributed by atoms with Crippen molar-refractivity contribution < 1.29 is 4.79 Å². The molecule has 0 atom stereocenters. The molecule has 1 aromatic carbocycles. The second kappa shape index (κ2) is 5.53. The number of guanidine groups is 1. The summed E-state index contributed by atoms with van der Waals surface area (Å²) in [6, 6.07) is 7.35. The van der Waals surface area contributed by atoms with Gasteiger partial charge in [-0.05, 0) is 31.0 Å². The fraction of sp³-hybridized carbons (Fsp3) is 0.385. The topological polar surface area (TPSA) is 70.7 Å². The Labute approximate surface area is 107 Å². The van der Waals surface area contributed by atoms with E-state index in [9.17, 15) is 4.79 Å². The number of carbonyl (C=O) groups is 1. The summed E-state index contributed by atoms with van der Waals surface area (Å²) in [6.45, 7) is 3.43. The van der Waals surface area contributed by atoms with Crippen molar-refractivity contribution in [3.05, 3.63) is 24.3 Å². The molecule has 1 saturated heterocycles. The van der Waals surface area contributed by atoms with Crippen LogP contribution in [0.1, 0.15) is 19.8 Å². The lowest BCUT2D eigenvalue weighted by Gasteiger charge is -2.15. The number of hydrogen-bond acceptors (Lipinski definition) is 2. The van der Waals surface area contributed by atoms with Crippen molar-refractivity contribution in [2.45, 2.75) is 19.8 Å². The number of likely N-dealkylation sites (tertiary alicyclic amines) is 1. The smallest absolute Gasteiger partial charge is 0.221 e. The van der Waals surface area contributed by atoms with Crippen LogP contribution in [0.3, 0.4) is 0 Å². The standard InChI is InChI=1S/C13H18N4O/c1-10(18)15-11-5-4-6-12(9-11)16-13(14)17-7-2-3-8-17/h4-6,9H,2-3,7-8H2,1H3,(H2,14,16)(H,15,18). The maximum absolute atomic E-state index is 11.0. The molecule has 18 heavy (non-hydrogen) atoms. The number of rotatable bonds is 2. The SMILES string of the molecule is CC(=O)Nc1cccc(N=C(N)N2CCCC2)c1. The summed E-state index contributed by atoms with van der Waals surface area (Å²) < 4.78 is 0. The lowest BCUT2D eigenvalue weighted by Crippen LogP contribution is -2.34. The number of carbonyl (C=O) groups excluding carboxylic acids is 1. The zero-order valence-electron chi connectivity index (χ0n) is 10.5. The van der Waals surface area contributed by atoms with Crippen LogP contribution in [0.2, 0.25) is 0 Å². The molecule has 2 rings (SSSR count). The molecule has 0 aliphatic carbocycles. The summed E-state index contributed by atoms with van der Waals surface area (Å²) in [5.74, 6) is 0.455. The molecule has 0 spiro atoms. The van der Waals surface area contributed by atoms with E-state index in [4.69, 9.17) is 5.73 Å². The molecule has 0 radical (unpaired) electrons. The zero-order valence-corrected chi connectivity index (χ0v) is 10.5. The third kappa shape index (κ3) is 3.23. The lowest BCUT2D eigenvalue weighted by atomic mass is 10.3. The van der Waals surface area contributed by atoms with Crippen molar-refractivity contribution >= 4 is 23.2 Å². The molecule has 0 saturated carbocycles. The van der Waals surface area contributed by atoms with Gasteiger partial charge >= 0.3 is 0 Å². The van der Waals surface area contributed by atoms with Crippen LogP contribution in [0.25, 0.3) is 0 Å². The number of benzene rings is 1. The minimum absolute atomic E-state index is 0.0938. The molecular weight excluding hydrogens is 228 g/mol. The molecule has 96 valence electrons. The van der Waals surface area contributed by atoms with Gasteiger partial charge in [0.25, 0.3) is 0 Å². The second-order valence-electron chi connectivity index (χ2n) is 4.40. The number of anilines is 1. The second-order valence-corrected chi connectivity index (χ2v) is 4.40. The Balaban J connectivity index is 2.12. The summed E-state index contributed by atoms with van der Waals surface area (Å²) in [7, 11) is 0. The third-order valence-electron chi connectivity index (χ3n) is 2.84. The van der Waals surface area contributed by atoms with Gasteiger partial charge in [-0.3, -0.25) is 4.79 Å². The summed E-state index contributed by atoms with van der Waals surface area (Å²) in [4.78, 5) is 17.4. The first-order valence-electron chi connectivity index (χ1n) is 6.12. The molecule has 1 heterocycles. The Morgan fingerprint density at radius 1 is 1.39 bits per heavy atom. The van der Waals surface area contributed by atoms with Gasteiger partial charge in [-0.1, -0.05) is 6.07 Å². The molecule has 5 heteroatoms. The first-order chi connectivity index (χ1) is 8.65. The minimum atomic E-state index is -0.0938. The number of nitrogens with one attached hydrogen (secondary N) is 1. The van der Waals surface area contributed by atoms with E-state index in [0.29, 0.717) is 5.96 Å². The highest BCUT2D eigenvalue weighted by atomic mass is 16.1. The first kappa shape index (κ1) is 12.4. The van der Waals surface area contributed by atoms with Gasteiger partial charge in [0.05, 0.1) is 5.69 Å². The molecule has 1 aromatic rings. The Bertz CT molecular complexity index is 464. The normalized spacial score (nSPS) is 15.8.